The summed E-state index contributed by atoms with van der Waals surface area (Å²) in [6.07, 6.45) is 1.74. The van der Waals surface area contributed by atoms with Gasteiger partial charge in [0.15, 0.2) is 0 Å². The third-order valence-electron chi connectivity index (χ3n) is 3.09. The van der Waals surface area contributed by atoms with Crippen molar-refractivity contribution >= 4 is 62.2 Å². The molecular weight excluding hydrogens is 410 g/mol. The number of rotatable bonds is 3. The Balaban J connectivity index is 1.71. The number of thiocarbonyl (C=S) groups is 1. The third kappa shape index (κ3) is 4.11. The molecular formula is C17H10BrNO3S2. The Kier molecular flexibility index (Phi) is 5.13. The van der Waals surface area contributed by atoms with E-state index in [0.29, 0.717) is 20.5 Å². The molecule has 1 aliphatic rings. The Morgan fingerprint density at radius 2 is 1.96 bits per heavy atom. The van der Waals surface area contributed by atoms with Crippen molar-refractivity contribution in [1.82, 2.24) is 5.32 Å². The number of carbonyl (C=O) groups excluding carboxylic acids is 2. The number of nitrogens with one attached hydrogen (secondary N) is 1. The molecule has 0 bridgehead atoms. The van der Waals surface area contributed by atoms with Crippen LogP contribution in [-0.2, 0) is 4.79 Å². The maximum atomic E-state index is 12.1. The fraction of sp³-hybridized carbons (Fsp3) is 0. The molecule has 1 N–H and O–H groups in total. The topological polar surface area (TPSA) is 55.4 Å². The van der Waals surface area contributed by atoms with Gasteiger partial charge >= 0.3 is 5.97 Å². The monoisotopic (exact) mass is 419 g/mol. The van der Waals surface area contributed by atoms with Gasteiger partial charge in [0.1, 0.15) is 10.1 Å². The van der Waals surface area contributed by atoms with Gasteiger partial charge in [-0.05, 0) is 42.0 Å². The summed E-state index contributed by atoms with van der Waals surface area (Å²) in [5, 5.41) is 2.56. The number of benzene rings is 2. The first kappa shape index (κ1) is 16.9. The van der Waals surface area contributed by atoms with E-state index in [1.807, 2.05) is 6.07 Å². The van der Waals surface area contributed by atoms with Gasteiger partial charge in [0.2, 0.25) is 0 Å². The molecule has 3 rings (SSSR count). The van der Waals surface area contributed by atoms with Crippen molar-refractivity contribution in [3.05, 3.63) is 69.0 Å². The Bertz CT molecular complexity index is 862. The number of carbonyl (C=O) groups is 2. The van der Waals surface area contributed by atoms with E-state index in [1.54, 1.807) is 48.5 Å². The maximum absolute atomic E-state index is 12.1. The Hall–Kier alpha value is -1.96. The zero-order valence-electron chi connectivity index (χ0n) is 12.1. The van der Waals surface area contributed by atoms with Crippen LogP contribution < -0.4 is 10.1 Å². The second-order valence-electron chi connectivity index (χ2n) is 4.82. The minimum Gasteiger partial charge on any atom is -0.423 e. The molecule has 7 heteroatoms. The Morgan fingerprint density at radius 1 is 1.21 bits per heavy atom. The second-order valence-corrected chi connectivity index (χ2v) is 7.46. The van der Waals surface area contributed by atoms with Crippen LogP contribution in [-0.4, -0.2) is 16.2 Å². The summed E-state index contributed by atoms with van der Waals surface area (Å²) in [7, 11) is 0. The van der Waals surface area contributed by atoms with Crippen molar-refractivity contribution in [2.75, 3.05) is 0 Å². The van der Waals surface area contributed by atoms with Gasteiger partial charge in [-0.15, -0.1) is 0 Å². The van der Waals surface area contributed by atoms with Crippen LogP contribution in [0.25, 0.3) is 6.08 Å². The lowest BCUT2D eigenvalue weighted by Crippen LogP contribution is -2.17. The highest BCUT2D eigenvalue weighted by atomic mass is 79.9. The molecule has 2 aromatic carbocycles. The number of hydrogen-bond acceptors (Lipinski definition) is 5. The predicted molar refractivity (Wildman–Crippen MR) is 102 cm³/mol. The molecule has 1 fully saturated rings. The molecule has 1 saturated heterocycles. The number of esters is 1. The smallest absolute Gasteiger partial charge is 0.343 e. The van der Waals surface area contributed by atoms with Crippen molar-refractivity contribution in [3.63, 3.8) is 0 Å². The van der Waals surface area contributed by atoms with Gasteiger partial charge in [-0.2, -0.15) is 0 Å². The van der Waals surface area contributed by atoms with Gasteiger partial charge in [-0.3, -0.25) is 4.79 Å². The summed E-state index contributed by atoms with van der Waals surface area (Å²) in [4.78, 5) is 24.2. The molecule has 0 radical (unpaired) electrons. The van der Waals surface area contributed by atoms with E-state index in [2.05, 4.69) is 21.2 Å². The fourth-order valence-corrected chi connectivity index (χ4v) is 3.43. The van der Waals surface area contributed by atoms with Crippen molar-refractivity contribution in [3.8, 4) is 5.75 Å². The lowest BCUT2D eigenvalue weighted by Gasteiger charge is -2.05. The summed E-state index contributed by atoms with van der Waals surface area (Å²) in [6.45, 7) is 0. The average molecular weight is 420 g/mol. The van der Waals surface area contributed by atoms with E-state index >= 15 is 0 Å². The van der Waals surface area contributed by atoms with Crippen LogP contribution in [0.15, 0.2) is 57.9 Å². The summed E-state index contributed by atoms with van der Waals surface area (Å²) in [6, 6.07) is 13.9. The molecule has 1 heterocycles. The molecule has 0 aromatic heterocycles. The molecule has 1 amide bonds. The maximum Gasteiger partial charge on any atom is 0.343 e. The van der Waals surface area contributed by atoms with Crippen LogP contribution >= 0.6 is 39.9 Å². The van der Waals surface area contributed by atoms with Gasteiger partial charge in [0.25, 0.3) is 5.91 Å². The summed E-state index contributed by atoms with van der Waals surface area (Å²) in [5.41, 5.74) is 1.28. The highest BCUT2D eigenvalue weighted by Crippen LogP contribution is 2.26. The van der Waals surface area contributed by atoms with Gasteiger partial charge in [-0.25, -0.2) is 4.79 Å². The fourth-order valence-electron chi connectivity index (χ4n) is 1.99. The largest absolute Gasteiger partial charge is 0.423 e. The van der Waals surface area contributed by atoms with Crippen LogP contribution in [0, 0.1) is 0 Å². The average Bonchev–Trinajstić information content (AvgIpc) is 2.87. The second kappa shape index (κ2) is 7.29. The zero-order chi connectivity index (χ0) is 17.1. The highest BCUT2D eigenvalue weighted by molar-refractivity contribution is 9.10. The van der Waals surface area contributed by atoms with Crippen molar-refractivity contribution in [2.24, 2.45) is 0 Å². The van der Waals surface area contributed by atoms with Gasteiger partial charge in [0.05, 0.1) is 10.5 Å². The predicted octanol–water partition coefficient (Wildman–Crippen LogP) is 4.16. The minimum atomic E-state index is -0.432. The highest BCUT2D eigenvalue weighted by Gasteiger charge is 2.21. The summed E-state index contributed by atoms with van der Waals surface area (Å²) in [5.74, 6) is -0.199. The standard InChI is InChI=1S/C17H10BrNO3S2/c18-12-3-1-2-11(9-12)16(21)22-13-6-4-10(5-7-13)8-14-15(20)19-17(23)24-14/h1-9H,(H,19,20,23)/b14-8-. The summed E-state index contributed by atoms with van der Waals surface area (Å²) >= 11 is 9.48. The Morgan fingerprint density at radius 3 is 2.58 bits per heavy atom. The molecule has 120 valence electrons. The third-order valence-corrected chi connectivity index (χ3v) is 4.75. The lowest BCUT2D eigenvalue weighted by molar-refractivity contribution is -0.115. The molecule has 4 nitrogen and oxygen atoms in total. The lowest BCUT2D eigenvalue weighted by atomic mass is 10.2. The molecule has 0 aliphatic carbocycles. The first-order chi connectivity index (χ1) is 11.5. The summed E-state index contributed by atoms with van der Waals surface area (Å²) < 4.78 is 6.59. The first-order valence-electron chi connectivity index (χ1n) is 6.84. The van der Waals surface area contributed by atoms with Crippen LogP contribution in [0.4, 0.5) is 0 Å². The molecule has 1 aliphatic heterocycles. The van der Waals surface area contributed by atoms with Gasteiger partial charge in [0, 0.05) is 4.47 Å². The quantitative estimate of drug-likeness (QED) is 0.350. The number of ether oxygens (including phenoxy) is 1. The molecule has 0 spiro atoms. The molecule has 0 atom stereocenters. The van der Waals surface area contributed by atoms with Crippen LogP contribution in [0.2, 0.25) is 0 Å². The zero-order valence-corrected chi connectivity index (χ0v) is 15.3. The number of thioether (sulfide) groups is 1. The normalized spacial score (nSPS) is 15.5. The number of halogens is 1. The van der Waals surface area contributed by atoms with E-state index in [1.165, 1.54) is 11.8 Å². The van der Waals surface area contributed by atoms with Crippen LogP contribution in [0.3, 0.4) is 0 Å². The first-order valence-corrected chi connectivity index (χ1v) is 8.86. The van der Waals surface area contributed by atoms with E-state index in [0.717, 1.165) is 10.0 Å². The molecule has 0 saturated carbocycles. The SMILES string of the molecule is O=C1NC(=S)S/C1=C\c1ccc(OC(=O)c2cccc(Br)c2)cc1. The molecule has 0 unspecified atom stereocenters. The van der Waals surface area contributed by atoms with Crippen molar-refractivity contribution < 1.29 is 14.3 Å². The van der Waals surface area contributed by atoms with Crippen molar-refractivity contribution in [1.29, 1.82) is 0 Å². The Labute approximate surface area is 156 Å². The number of amides is 1. The van der Waals surface area contributed by atoms with Gasteiger partial charge in [-0.1, -0.05) is 58.1 Å². The van der Waals surface area contributed by atoms with Crippen molar-refractivity contribution in [2.45, 2.75) is 0 Å². The molecule has 2 aromatic rings. The van der Waals surface area contributed by atoms with E-state index < -0.39 is 5.97 Å². The minimum absolute atomic E-state index is 0.199. The van der Waals surface area contributed by atoms with Crippen LogP contribution in [0.5, 0.6) is 5.75 Å². The number of hydrogen-bond donors (Lipinski definition) is 1. The van der Waals surface area contributed by atoms with E-state index in [9.17, 15) is 9.59 Å². The molecule has 24 heavy (non-hydrogen) atoms. The van der Waals surface area contributed by atoms with E-state index in [4.69, 9.17) is 17.0 Å². The van der Waals surface area contributed by atoms with E-state index in [-0.39, 0.29) is 5.91 Å². The van der Waals surface area contributed by atoms with Gasteiger partial charge < -0.3 is 10.1 Å². The van der Waals surface area contributed by atoms with Crippen LogP contribution in [0.1, 0.15) is 15.9 Å².